The van der Waals surface area contributed by atoms with Crippen LogP contribution in [0, 0.1) is 0 Å². The molecular formula is C15H15ClN2O. The minimum atomic E-state index is -0.0766. The van der Waals surface area contributed by atoms with Gasteiger partial charge in [0.25, 0.3) is 5.91 Å². The van der Waals surface area contributed by atoms with E-state index >= 15 is 0 Å². The Kier molecular flexibility index (Phi) is 4.07. The van der Waals surface area contributed by atoms with Gasteiger partial charge in [-0.15, -0.1) is 0 Å². The molecule has 0 fully saturated rings. The first-order chi connectivity index (χ1) is 9.08. The molecule has 2 aromatic rings. The molecule has 19 heavy (non-hydrogen) atoms. The summed E-state index contributed by atoms with van der Waals surface area (Å²) in [5, 5.41) is 0.460. The zero-order valence-electron chi connectivity index (χ0n) is 10.6. The van der Waals surface area contributed by atoms with Crippen LogP contribution in [-0.2, 0) is 6.54 Å². The zero-order chi connectivity index (χ0) is 13.8. The third-order valence-corrected chi connectivity index (χ3v) is 3.20. The molecule has 0 bridgehead atoms. The van der Waals surface area contributed by atoms with E-state index in [9.17, 15) is 4.79 Å². The van der Waals surface area contributed by atoms with Gasteiger partial charge < -0.3 is 10.6 Å². The standard InChI is InChI=1S/C15H15ClN2O/c1-18(10-11-5-3-2-4-6-11)15(19)12-7-8-13(16)14(17)9-12/h2-9H,10,17H2,1H3. The number of hydrogen-bond donors (Lipinski definition) is 1. The average Bonchev–Trinajstić information content (AvgIpc) is 2.42. The van der Waals surface area contributed by atoms with Gasteiger partial charge in [0.1, 0.15) is 0 Å². The number of amides is 1. The molecule has 0 saturated carbocycles. The molecule has 0 aromatic heterocycles. The van der Waals surface area contributed by atoms with Crippen LogP contribution in [0.15, 0.2) is 48.5 Å². The van der Waals surface area contributed by atoms with Gasteiger partial charge in [-0.1, -0.05) is 41.9 Å². The molecule has 2 aromatic carbocycles. The molecule has 0 aliphatic heterocycles. The lowest BCUT2D eigenvalue weighted by molar-refractivity contribution is 0.0785. The lowest BCUT2D eigenvalue weighted by Gasteiger charge is -2.17. The largest absolute Gasteiger partial charge is 0.398 e. The molecule has 2 N–H and O–H groups in total. The van der Waals surface area contributed by atoms with E-state index in [1.54, 1.807) is 30.1 Å². The Morgan fingerprint density at radius 3 is 2.53 bits per heavy atom. The Balaban J connectivity index is 2.12. The predicted octanol–water partition coefficient (Wildman–Crippen LogP) is 3.19. The maximum atomic E-state index is 12.2. The van der Waals surface area contributed by atoms with E-state index in [1.165, 1.54) is 0 Å². The molecule has 0 unspecified atom stereocenters. The molecule has 0 saturated heterocycles. The Labute approximate surface area is 117 Å². The van der Waals surface area contributed by atoms with Crippen molar-refractivity contribution in [2.45, 2.75) is 6.54 Å². The first-order valence-electron chi connectivity index (χ1n) is 5.92. The monoisotopic (exact) mass is 274 g/mol. The lowest BCUT2D eigenvalue weighted by Crippen LogP contribution is -2.26. The van der Waals surface area contributed by atoms with E-state index in [-0.39, 0.29) is 5.91 Å². The van der Waals surface area contributed by atoms with Gasteiger partial charge in [-0.25, -0.2) is 0 Å². The second-order valence-electron chi connectivity index (χ2n) is 4.38. The first kappa shape index (κ1) is 13.4. The molecule has 0 radical (unpaired) electrons. The summed E-state index contributed by atoms with van der Waals surface area (Å²) in [5.74, 6) is -0.0766. The number of hydrogen-bond acceptors (Lipinski definition) is 2. The van der Waals surface area contributed by atoms with Gasteiger partial charge in [-0.2, -0.15) is 0 Å². The quantitative estimate of drug-likeness (QED) is 0.874. The summed E-state index contributed by atoms with van der Waals surface area (Å²) < 4.78 is 0. The number of carbonyl (C=O) groups excluding carboxylic acids is 1. The fraction of sp³-hybridized carbons (Fsp3) is 0.133. The predicted molar refractivity (Wildman–Crippen MR) is 78.1 cm³/mol. The number of carbonyl (C=O) groups is 1. The van der Waals surface area contributed by atoms with Crippen molar-refractivity contribution in [2.75, 3.05) is 12.8 Å². The van der Waals surface area contributed by atoms with Gasteiger partial charge in [0.2, 0.25) is 0 Å². The van der Waals surface area contributed by atoms with Gasteiger partial charge >= 0.3 is 0 Å². The second-order valence-corrected chi connectivity index (χ2v) is 4.79. The van der Waals surface area contributed by atoms with Crippen LogP contribution >= 0.6 is 11.6 Å². The molecule has 2 rings (SSSR count). The van der Waals surface area contributed by atoms with Gasteiger partial charge in [0.05, 0.1) is 10.7 Å². The zero-order valence-corrected chi connectivity index (χ0v) is 11.4. The van der Waals surface area contributed by atoms with Crippen LogP contribution in [0.2, 0.25) is 5.02 Å². The van der Waals surface area contributed by atoms with Gasteiger partial charge in [-0.05, 0) is 23.8 Å². The summed E-state index contributed by atoms with van der Waals surface area (Å²) in [5.41, 5.74) is 7.75. The Hall–Kier alpha value is -2.00. The molecule has 0 aliphatic carbocycles. The van der Waals surface area contributed by atoms with Crippen LogP contribution in [0.4, 0.5) is 5.69 Å². The summed E-state index contributed by atoms with van der Waals surface area (Å²) in [6.07, 6.45) is 0. The SMILES string of the molecule is CN(Cc1ccccc1)C(=O)c1ccc(Cl)c(N)c1. The van der Waals surface area contributed by atoms with Crippen molar-refractivity contribution in [1.29, 1.82) is 0 Å². The van der Waals surface area contributed by atoms with Crippen molar-refractivity contribution in [2.24, 2.45) is 0 Å². The highest BCUT2D eigenvalue weighted by atomic mass is 35.5. The third kappa shape index (κ3) is 3.26. The van der Waals surface area contributed by atoms with Gasteiger partial charge in [0, 0.05) is 19.2 Å². The van der Waals surface area contributed by atoms with Crippen LogP contribution in [0.25, 0.3) is 0 Å². The summed E-state index contributed by atoms with van der Waals surface area (Å²) in [6.45, 7) is 0.558. The summed E-state index contributed by atoms with van der Waals surface area (Å²) in [7, 11) is 1.76. The number of halogens is 1. The number of nitrogens with zero attached hydrogens (tertiary/aromatic N) is 1. The van der Waals surface area contributed by atoms with Gasteiger partial charge in [0.15, 0.2) is 0 Å². The first-order valence-corrected chi connectivity index (χ1v) is 6.30. The lowest BCUT2D eigenvalue weighted by atomic mass is 10.1. The van der Waals surface area contributed by atoms with Crippen LogP contribution in [0.5, 0.6) is 0 Å². The van der Waals surface area contributed by atoms with E-state index < -0.39 is 0 Å². The molecule has 4 heteroatoms. The maximum Gasteiger partial charge on any atom is 0.253 e. The third-order valence-electron chi connectivity index (χ3n) is 2.85. The van der Waals surface area contributed by atoms with E-state index in [4.69, 9.17) is 17.3 Å². The summed E-state index contributed by atoms with van der Waals surface area (Å²) >= 11 is 5.84. The van der Waals surface area contributed by atoms with Crippen LogP contribution in [-0.4, -0.2) is 17.9 Å². The minimum absolute atomic E-state index is 0.0766. The van der Waals surface area contributed by atoms with Crippen LogP contribution < -0.4 is 5.73 Å². The molecule has 98 valence electrons. The smallest absolute Gasteiger partial charge is 0.253 e. The van der Waals surface area contributed by atoms with Crippen molar-refractivity contribution >= 4 is 23.2 Å². The topological polar surface area (TPSA) is 46.3 Å². The van der Waals surface area contributed by atoms with Crippen molar-refractivity contribution in [1.82, 2.24) is 4.90 Å². The summed E-state index contributed by atoms with van der Waals surface area (Å²) in [6, 6.07) is 14.8. The Morgan fingerprint density at radius 2 is 1.89 bits per heavy atom. The number of anilines is 1. The number of benzene rings is 2. The highest BCUT2D eigenvalue weighted by molar-refractivity contribution is 6.33. The molecule has 0 atom stereocenters. The van der Waals surface area contributed by atoms with E-state index in [0.29, 0.717) is 22.8 Å². The number of nitrogens with two attached hydrogens (primary N) is 1. The van der Waals surface area contributed by atoms with Crippen molar-refractivity contribution in [3.63, 3.8) is 0 Å². The Morgan fingerprint density at radius 1 is 1.21 bits per heavy atom. The maximum absolute atomic E-state index is 12.2. The van der Waals surface area contributed by atoms with E-state index in [1.807, 2.05) is 30.3 Å². The van der Waals surface area contributed by atoms with Crippen molar-refractivity contribution in [3.8, 4) is 0 Å². The molecule has 0 heterocycles. The van der Waals surface area contributed by atoms with Gasteiger partial charge in [-0.3, -0.25) is 4.79 Å². The minimum Gasteiger partial charge on any atom is -0.398 e. The van der Waals surface area contributed by atoms with Crippen LogP contribution in [0.1, 0.15) is 15.9 Å². The molecule has 0 spiro atoms. The average molecular weight is 275 g/mol. The molecule has 0 aliphatic rings. The van der Waals surface area contributed by atoms with Crippen molar-refractivity contribution < 1.29 is 4.79 Å². The summed E-state index contributed by atoms with van der Waals surface area (Å²) in [4.78, 5) is 13.9. The highest BCUT2D eigenvalue weighted by Crippen LogP contribution is 2.20. The van der Waals surface area contributed by atoms with E-state index in [2.05, 4.69) is 0 Å². The highest BCUT2D eigenvalue weighted by Gasteiger charge is 2.12. The fourth-order valence-electron chi connectivity index (χ4n) is 1.83. The fourth-order valence-corrected chi connectivity index (χ4v) is 1.94. The van der Waals surface area contributed by atoms with Crippen LogP contribution in [0.3, 0.4) is 0 Å². The number of rotatable bonds is 3. The second kappa shape index (κ2) is 5.76. The van der Waals surface area contributed by atoms with Crippen molar-refractivity contribution in [3.05, 3.63) is 64.7 Å². The van der Waals surface area contributed by atoms with E-state index in [0.717, 1.165) is 5.56 Å². The molecule has 1 amide bonds. The Bertz CT molecular complexity index is 584. The molecule has 3 nitrogen and oxygen atoms in total. The normalized spacial score (nSPS) is 10.2. The number of nitrogen functional groups attached to an aromatic ring is 1. The molecular weight excluding hydrogens is 260 g/mol.